The van der Waals surface area contributed by atoms with Crippen molar-refractivity contribution in [2.75, 3.05) is 19.0 Å². The van der Waals surface area contributed by atoms with Crippen LogP contribution in [0.5, 0.6) is 5.75 Å². The highest BCUT2D eigenvalue weighted by Gasteiger charge is 2.64. The normalized spacial score (nSPS) is 24.7. The summed E-state index contributed by atoms with van der Waals surface area (Å²) in [5, 5.41) is 13.8. The minimum atomic E-state index is -0.596. The molecule has 3 rings (SSSR count). The van der Waals surface area contributed by atoms with E-state index in [4.69, 9.17) is 4.74 Å². The SMILES string of the molecule is COc1ccc(NC(=O)CCCN2C(=O)C3CCC(C)(C2=O)C3(C)C)c([N+](=O)[O-])c1. The molecule has 1 heterocycles. The van der Waals surface area contributed by atoms with Crippen LogP contribution in [0.3, 0.4) is 0 Å². The lowest BCUT2D eigenvalue weighted by molar-refractivity contribution is -0.384. The molecule has 0 radical (unpaired) electrons. The van der Waals surface area contributed by atoms with E-state index in [2.05, 4.69) is 5.32 Å². The third-order valence-electron chi connectivity index (χ3n) is 6.97. The van der Waals surface area contributed by atoms with Crippen molar-refractivity contribution >= 4 is 29.1 Å². The molecule has 9 heteroatoms. The third kappa shape index (κ3) is 3.42. The number of anilines is 1. The number of fused-ring (bicyclic) bond motifs is 2. The van der Waals surface area contributed by atoms with Crippen LogP contribution in [0.15, 0.2) is 18.2 Å². The Morgan fingerprint density at radius 2 is 2.03 bits per heavy atom. The van der Waals surface area contributed by atoms with Gasteiger partial charge in [-0.3, -0.25) is 29.4 Å². The lowest BCUT2D eigenvalue weighted by Crippen LogP contribution is -2.59. The van der Waals surface area contributed by atoms with Crippen molar-refractivity contribution in [1.82, 2.24) is 4.90 Å². The summed E-state index contributed by atoms with van der Waals surface area (Å²) in [5.41, 5.74) is -1.14. The Labute approximate surface area is 174 Å². The number of nitro benzene ring substituents is 1. The number of ether oxygens (including phenoxy) is 1. The zero-order valence-corrected chi connectivity index (χ0v) is 17.7. The number of carbonyl (C=O) groups excluding carboxylic acids is 3. The van der Waals surface area contributed by atoms with Crippen molar-refractivity contribution in [3.8, 4) is 5.75 Å². The van der Waals surface area contributed by atoms with E-state index in [1.807, 2.05) is 20.8 Å². The van der Waals surface area contributed by atoms with E-state index >= 15 is 0 Å². The van der Waals surface area contributed by atoms with Gasteiger partial charge in [0, 0.05) is 18.9 Å². The van der Waals surface area contributed by atoms with Crippen molar-refractivity contribution in [1.29, 1.82) is 0 Å². The summed E-state index contributed by atoms with van der Waals surface area (Å²) in [6, 6.07) is 4.16. The van der Waals surface area contributed by atoms with Gasteiger partial charge in [0.05, 0.1) is 23.5 Å². The molecule has 162 valence electrons. The Morgan fingerprint density at radius 1 is 1.33 bits per heavy atom. The molecule has 30 heavy (non-hydrogen) atoms. The van der Waals surface area contributed by atoms with Gasteiger partial charge in [-0.2, -0.15) is 0 Å². The molecule has 1 saturated carbocycles. The lowest BCUT2D eigenvalue weighted by Gasteiger charge is -2.47. The summed E-state index contributed by atoms with van der Waals surface area (Å²) >= 11 is 0. The Balaban J connectivity index is 1.61. The molecule has 0 aromatic heterocycles. The van der Waals surface area contributed by atoms with E-state index in [0.29, 0.717) is 18.6 Å². The molecule has 1 aliphatic carbocycles. The number of amides is 3. The van der Waals surface area contributed by atoms with Gasteiger partial charge >= 0.3 is 0 Å². The number of hydrogen-bond donors (Lipinski definition) is 1. The number of carbonyl (C=O) groups is 3. The third-order valence-corrected chi connectivity index (χ3v) is 6.97. The number of hydrogen-bond acceptors (Lipinski definition) is 6. The van der Waals surface area contributed by atoms with Gasteiger partial charge in [0.1, 0.15) is 11.4 Å². The Morgan fingerprint density at radius 3 is 2.67 bits per heavy atom. The number of rotatable bonds is 7. The van der Waals surface area contributed by atoms with Gasteiger partial charge in [0.2, 0.25) is 17.7 Å². The molecule has 1 saturated heterocycles. The fraction of sp³-hybridized carbons (Fsp3) is 0.571. The zero-order valence-electron chi connectivity index (χ0n) is 17.7. The number of piperidine rings is 1. The molecule has 1 aliphatic heterocycles. The second kappa shape index (κ2) is 7.70. The van der Waals surface area contributed by atoms with Crippen LogP contribution in [-0.2, 0) is 14.4 Å². The standard InChI is InChI=1S/C21H27N3O6/c1-20(2)14-9-10-21(20,3)19(27)23(18(14)26)11-5-6-17(25)22-15-8-7-13(30-4)12-16(15)24(28)29/h7-8,12,14H,5-6,9-11H2,1-4H3,(H,22,25). The molecular formula is C21H27N3O6. The summed E-state index contributed by atoms with van der Waals surface area (Å²) < 4.78 is 4.98. The zero-order chi connectivity index (χ0) is 22.3. The molecular weight excluding hydrogens is 390 g/mol. The van der Waals surface area contributed by atoms with Crippen LogP contribution < -0.4 is 10.1 Å². The molecule has 2 bridgehead atoms. The summed E-state index contributed by atoms with van der Waals surface area (Å²) in [6.45, 7) is 6.04. The molecule has 2 fully saturated rings. The number of nitrogens with zero attached hydrogens (tertiary/aromatic N) is 2. The van der Waals surface area contributed by atoms with Crippen LogP contribution >= 0.6 is 0 Å². The minimum absolute atomic E-state index is 0.0328. The summed E-state index contributed by atoms with van der Waals surface area (Å²) in [4.78, 5) is 50.0. The maximum absolute atomic E-state index is 13.0. The average Bonchev–Trinajstić information content (AvgIpc) is 2.88. The first kappa shape index (κ1) is 21.7. The Bertz CT molecular complexity index is 912. The lowest BCUT2D eigenvalue weighted by atomic mass is 9.62. The largest absolute Gasteiger partial charge is 0.496 e. The quantitative estimate of drug-likeness (QED) is 0.414. The summed E-state index contributed by atoms with van der Waals surface area (Å²) in [6.07, 6.45) is 1.71. The molecule has 9 nitrogen and oxygen atoms in total. The van der Waals surface area contributed by atoms with E-state index in [1.54, 1.807) is 0 Å². The van der Waals surface area contributed by atoms with E-state index in [9.17, 15) is 24.5 Å². The van der Waals surface area contributed by atoms with Crippen LogP contribution in [0, 0.1) is 26.9 Å². The molecule has 3 amide bonds. The van der Waals surface area contributed by atoms with E-state index in [0.717, 1.165) is 0 Å². The minimum Gasteiger partial charge on any atom is -0.496 e. The fourth-order valence-corrected chi connectivity index (χ4v) is 4.62. The first-order valence-corrected chi connectivity index (χ1v) is 10.0. The molecule has 2 unspecified atom stereocenters. The first-order valence-electron chi connectivity index (χ1n) is 10.0. The van der Waals surface area contributed by atoms with Crippen molar-refractivity contribution in [3.63, 3.8) is 0 Å². The highest BCUT2D eigenvalue weighted by molar-refractivity contribution is 6.03. The smallest absolute Gasteiger partial charge is 0.296 e. The van der Waals surface area contributed by atoms with E-state index in [-0.39, 0.29) is 53.9 Å². The highest BCUT2D eigenvalue weighted by Crippen LogP contribution is 2.60. The number of likely N-dealkylation sites (tertiary alicyclic amines) is 1. The van der Waals surface area contributed by atoms with Gasteiger partial charge in [-0.15, -0.1) is 0 Å². The van der Waals surface area contributed by atoms with Gasteiger partial charge in [0.25, 0.3) is 5.69 Å². The topological polar surface area (TPSA) is 119 Å². The maximum Gasteiger partial charge on any atom is 0.296 e. The molecule has 2 atom stereocenters. The molecule has 1 N–H and O–H groups in total. The predicted octanol–water partition coefficient (Wildman–Crippen LogP) is 3.13. The maximum atomic E-state index is 13.0. The molecule has 1 aromatic rings. The predicted molar refractivity (Wildman–Crippen MR) is 109 cm³/mol. The summed E-state index contributed by atoms with van der Waals surface area (Å²) in [5.74, 6) is -0.623. The highest BCUT2D eigenvalue weighted by atomic mass is 16.6. The molecule has 0 spiro atoms. The molecule has 2 aliphatic rings. The second-order valence-corrected chi connectivity index (χ2v) is 8.73. The number of imide groups is 1. The van der Waals surface area contributed by atoms with E-state index in [1.165, 1.54) is 30.2 Å². The number of benzene rings is 1. The van der Waals surface area contributed by atoms with Crippen LogP contribution in [0.25, 0.3) is 0 Å². The summed E-state index contributed by atoms with van der Waals surface area (Å²) in [7, 11) is 1.40. The first-order chi connectivity index (χ1) is 14.0. The van der Waals surface area contributed by atoms with Gasteiger partial charge in [-0.05, 0) is 36.8 Å². The van der Waals surface area contributed by atoms with Gasteiger partial charge in [-0.25, -0.2) is 0 Å². The van der Waals surface area contributed by atoms with Crippen LogP contribution in [-0.4, -0.2) is 41.2 Å². The Hall–Kier alpha value is -2.97. The molecule has 1 aromatic carbocycles. The number of nitrogens with one attached hydrogen (secondary N) is 1. The van der Waals surface area contributed by atoms with Gasteiger partial charge in [-0.1, -0.05) is 20.8 Å². The number of methoxy groups -OCH3 is 1. The van der Waals surface area contributed by atoms with E-state index < -0.39 is 16.2 Å². The van der Waals surface area contributed by atoms with Gasteiger partial charge in [0.15, 0.2) is 0 Å². The van der Waals surface area contributed by atoms with Crippen molar-refractivity contribution in [3.05, 3.63) is 28.3 Å². The fourth-order valence-electron chi connectivity index (χ4n) is 4.62. The second-order valence-electron chi connectivity index (χ2n) is 8.73. The van der Waals surface area contributed by atoms with Crippen LogP contribution in [0.1, 0.15) is 46.5 Å². The van der Waals surface area contributed by atoms with Crippen molar-refractivity contribution in [2.45, 2.75) is 46.5 Å². The van der Waals surface area contributed by atoms with Crippen LogP contribution in [0.2, 0.25) is 0 Å². The number of nitro groups is 1. The monoisotopic (exact) mass is 417 g/mol. The average molecular weight is 417 g/mol. The van der Waals surface area contributed by atoms with Crippen molar-refractivity contribution < 1.29 is 24.0 Å². The van der Waals surface area contributed by atoms with Crippen molar-refractivity contribution in [2.24, 2.45) is 16.7 Å². The van der Waals surface area contributed by atoms with Gasteiger partial charge < -0.3 is 10.1 Å². The Kier molecular flexibility index (Phi) is 5.58. The van der Waals surface area contributed by atoms with Crippen LogP contribution in [0.4, 0.5) is 11.4 Å².